The number of nitrogens with zero attached hydrogens (tertiary/aromatic N) is 2. The highest BCUT2D eigenvalue weighted by atomic mass is 16.5. The molecule has 5 heteroatoms. The summed E-state index contributed by atoms with van der Waals surface area (Å²) in [7, 11) is 2.96. The second-order valence-corrected chi connectivity index (χ2v) is 5.08. The number of rotatable bonds is 5. The standard InChI is InChI=1S/C17H20N2O3/c1-21-14-7-5-13(6-8-14)16(19-11-3-4-12-19)15(9-10-18)17(20)22-2/h5-8H,3-4,9,11-12H2,1-2H3/b16-15-. The summed E-state index contributed by atoms with van der Waals surface area (Å²) in [4.78, 5) is 14.3. The maximum absolute atomic E-state index is 12.1. The predicted molar refractivity (Wildman–Crippen MR) is 83.0 cm³/mol. The van der Waals surface area contributed by atoms with Crippen LogP contribution >= 0.6 is 0 Å². The average molecular weight is 300 g/mol. The van der Waals surface area contributed by atoms with E-state index >= 15 is 0 Å². The predicted octanol–water partition coefficient (Wildman–Crippen LogP) is 2.59. The Bertz CT molecular complexity index is 593. The van der Waals surface area contributed by atoms with E-state index in [0.717, 1.165) is 42.9 Å². The Morgan fingerprint density at radius 1 is 1.23 bits per heavy atom. The third-order valence-electron chi connectivity index (χ3n) is 3.76. The second-order valence-electron chi connectivity index (χ2n) is 5.08. The molecule has 0 N–H and O–H groups in total. The van der Waals surface area contributed by atoms with Crippen molar-refractivity contribution in [3.63, 3.8) is 0 Å². The van der Waals surface area contributed by atoms with Gasteiger partial charge in [0.15, 0.2) is 0 Å². The number of hydrogen-bond acceptors (Lipinski definition) is 5. The van der Waals surface area contributed by atoms with Crippen molar-refractivity contribution in [1.82, 2.24) is 4.90 Å². The smallest absolute Gasteiger partial charge is 0.336 e. The largest absolute Gasteiger partial charge is 0.497 e. The summed E-state index contributed by atoms with van der Waals surface area (Å²) < 4.78 is 10.0. The lowest BCUT2D eigenvalue weighted by molar-refractivity contribution is -0.136. The van der Waals surface area contributed by atoms with Gasteiger partial charge in [0.25, 0.3) is 0 Å². The molecule has 116 valence electrons. The molecular formula is C17H20N2O3. The van der Waals surface area contributed by atoms with Crippen LogP contribution in [0.2, 0.25) is 0 Å². The molecule has 22 heavy (non-hydrogen) atoms. The van der Waals surface area contributed by atoms with Gasteiger partial charge in [-0.2, -0.15) is 5.26 Å². The zero-order valence-electron chi connectivity index (χ0n) is 13.0. The number of likely N-dealkylation sites (tertiary alicyclic amines) is 1. The van der Waals surface area contributed by atoms with Crippen molar-refractivity contribution < 1.29 is 14.3 Å². The highest BCUT2D eigenvalue weighted by Gasteiger charge is 2.24. The molecule has 0 aliphatic carbocycles. The Balaban J connectivity index is 2.52. The lowest BCUT2D eigenvalue weighted by Crippen LogP contribution is -2.22. The van der Waals surface area contributed by atoms with Gasteiger partial charge < -0.3 is 14.4 Å². The van der Waals surface area contributed by atoms with E-state index in [-0.39, 0.29) is 6.42 Å². The van der Waals surface area contributed by atoms with E-state index in [0.29, 0.717) is 5.57 Å². The fourth-order valence-corrected chi connectivity index (χ4v) is 2.69. The van der Waals surface area contributed by atoms with Gasteiger partial charge in [0.05, 0.1) is 38.0 Å². The topological polar surface area (TPSA) is 62.6 Å². The van der Waals surface area contributed by atoms with Crippen molar-refractivity contribution in [2.75, 3.05) is 27.3 Å². The summed E-state index contributed by atoms with van der Waals surface area (Å²) in [5, 5.41) is 9.07. The molecule has 1 aromatic carbocycles. The van der Waals surface area contributed by atoms with Crippen LogP contribution < -0.4 is 4.74 Å². The first kappa shape index (κ1) is 15.9. The molecule has 5 nitrogen and oxygen atoms in total. The Hall–Kier alpha value is -2.48. The number of carbonyl (C=O) groups excluding carboxylic acids is 1. The first-order chi connectivity index (χ1) is 10.7. The molecule has 1 aliphatic heterocycles. The highest BCUT2D eigenvalue weighted by Crippen LogP contribution is 2.30. The molecule has 2 rings (SSSR count). The van der Waals surface area contributed by atoms with Crippen LogP contribution in [0, 0.1) is 11.3 Å². The molecule has 1 fully saturated rings. The fourth-order valence-electron chi connectivity index (χ4n) is 2.69. The van der Waals surface area contributed by atoms with Crippen molar-refractivity contribution >= 4 is 11.7 Å². The molecule has 1 saturated heterocycles. The summed E-state index contributed by atoms with van der Waals surface area (Å²) in [6.45, 7) is 1.76. The maximum atomic E-state index is 12.1. The minimum absolute atomic E-state index is 0.0323. The summed E-state index contributed by atoms with van der Waals surface area (Å²) in [6.07, 6.45) is 2.20. The van der Waals surface area contributed by atoms with Crippen LogP contribution in [0.5, 0.6) is 5.75 Å². The maximum Gasteiger partial charge on any atom is 0.336 e. The van der Waals surface area contributed by atoms with Crippen LogP contribution in [0.15, 0.2) is 29.8 Å². The number of methoxy groups -OCH3 is 2. The van der Waals surface area contributed by atoms with Gasteiger partial charge in [-0.1, -0.05) is 0 Å². The molecule has 0 aromatic heterocycles. The molecule has 0 atom stereocenters. The van der Waals surface area contributed by atoms with Crippen molar-refractivity contribution in [2.45, 2.75) is 19.3 Å². The van der Waals surface area contributed by atoms with Crippen LogP contribution in [0.25, 0.3) is 5.70 Å². The number of benzene rings is 1. The summed E-state index contributed by atoms with van der Waals surface area (Å²) in [6, 6.07) is 9.60. The summed E-state index contributed by atoms with van der Waals surface area (Å²) >= 11 is 0. The number of nitriles is 1. The average Bonchev–Trinajstić information content (AvgIpc) is 3.08. The van der Waals surface area contributed by atoms with Gasteiger partial charge in [0, 0.05) is 13.1 Å². The van der Waals surface area contributed by atoms with Crippen molar-refractivity contribution in [1.29, 1.82) is 5.26 Å². The molecule has 1 aromatic rings. The van der Waals surface area contributed by atoms with Gasteiger partial charge in [0.2, 0.25) is 0 Å². The molecule has 0 unspecified atom stereocenters. The van der Waals surface area contributed by atoms with E-state index in [1.807, 2.05) is 24.3 Å². The van der Waals surface area contributed by atoms with Crippen molar-refractivity contribution in [3.05, 3.63) is 35.4 Å². The van der Waals surface area contributed by atoms with E-state index in [1.165, 1.54) is 7.11 Å². The van der Waals surface area contributed by atoms with Crippen molar-refractivity contribution in [3.8, 4) is 11.8 Å². The van der Waals surface area contributed by atoms with Gasteiger partial charge >= 0.3 is 5.97 Å². The number of esters is 1. The molecule has 0 radical (unpaired) electrons. The van der Waals surface area contributed by atoms with Crippen LogP contribution in [0.3, 0.4) is 0 Å². The molecule has 0 bridgehead atoms. The van der Waals surface area contributed by atoms with Crippen molar-refractivity contribution in [2.24, 2.45) is 0 Å². The molecule has 1 aliphatic rings. The second kappa shape index (κ2) is 7.51. The number of carbonyl (C=O) groups is 1. The molecule has 0 saturated carbocycles. The minimum Gasteiger partial charge on any atom is -0.497 e. The third-order valence-corrected chi connectivity index (χ3v) is 3.76. The third kappa shape index (κ3) is 3.40. The Morgan fingerprint density at radius 3 is 2.36 bits per heavy atom. The first-order valence-electron chi connectivity index (χ1n) is 7.29. The summed E-state index contributed by atoms with van der Waals surface area (Å²) in [5.41, 5.74) is 2.11. The molecule has 1 heterocycles. The van der Waals surface area contributed by atoms with Gasteiger partial charge in [-0.05, 0) is 42.7 Å². The quantitative estimate of drug-likeness (QED) is 0.618. The van der Waals surface area contributed by atoms with Gasteiger partial charge in [-0.3, -0.25) is 0 Å². The van der Waals surface area contributed by atoms with E-state index in [9.17, 15) is 4.79 Å². The zero-order chi connectivity index (χ0) is 15.9. The monoisotopic (exact) mass is 300 g/mol. The minimum atomic E-state index is -0.445. The normalized spacial score (nSPS) is 15.0. The first-order valence-corrected chi connectivity index (χ1v) is 7.29. The van der Waals surface area contributed by atoms with Gasteiger partial charge in [-0.25, -0.2) is 4.79 Å². The Morgan fingerprint density at radius 2 is 1.86 bits per heavy atom. The van der Waals surface area contributed by atoms with E-state index in [2.05, 4.69) is 11.0 Å². The SMILES string of the molecule is COC(=O)/C(CC#N)=C(/c1ccc(OC)cc1)N1CCCC1. The van der Waals surface area contributed by atoms with E-state index in [1.54, 1.807) is 7.11 Å². The number of hydrogen-bond donors (Lipinski definition) is 0. The van der Waals surface area contributed by atoms with E-state index < -0.39 is 5.97 Å². The number of ether oxygens (including phenoxy) is 2. The lowest BCUT2D eigenvalue weighted by Gasteiger charge is -2.24. The molecular weight excluding hydrogens is 280 g/mol. The van der Waals surface area contributed by atoms with Gasteiger partial charge in [0.1, 0.15) is 5.75 Å². The van der Waals surface area contributed by atoms with E-state index in [4.69, 9.17) is 14.7 Å². The molecule has 0 amide bonds. The molecule has 0 spiro atoms. The van der Waals surface area contributed by atoms with Crippen LogP contribution in [0.4, 0.5) is 0 Å². The van der Waals surface area contributed by atoms with Crippen LogP contribution in [-0.2, 0) is 9.53 Å². The Kier molecular flexibility index (Phi) is 5.42. The van der Waals surface area contributed by atoms with Gasteiger partial charge in [-0.15, -0.1) is 0 Å². The van der Waals surface area contributed by atoms with Crippen LogP contribution in [0.1, 0.15) is 24.8 Å². The lowest BCUT2D eigenvalue weighted by atomic mass is 10.0. The highest BCUT2D eigenvalue weighted by molar-refractivity contribution is 5.97. The van der Waals surface area contributed by atoms with Crippen LogP contribution in [-0.4, -0.2) is 38.2 Å². The fraction of sp³-hybridized carbons (Fsp3) is 0.412. The summed E-state index contributed by atoms with van der Waals surface area (Å²) in [5.74, 6) is 0.309. The Labute approximate surface area is 130 Å². The zero-order valence-corrected chi connectivity index (χ0v) is 13.0.